The summed E-state index contributed by atoms with van der Waals surface area (Å²) in [6, 6.07) is 26.5. The van der Waals surface area contributed by atoms with Gasteiger partial charge < -0.3 is 4.90 Å². The van der Waals surface area contributed by atoms with E-state index in [0.717, 1.165) is 33.7 Å². The third-order valence-electron chi connectivity index (χ3n) is 8.21. The highest BCUT2D eigenvalue weighted by Gasteiger charge is 2.69. The zero-order valence-electron chi connectivity index (χ0n) is 22.2. The maximum absolute atomic E-state index is 14.2. The number of para-hydroxylation sites is 1. The van der Waals surface area contributed by atoms with Gasteiger partial charge in [0.2, 0.25) is 16.1 Å². The predicted molar refractivity (Wildman–Crippen MR) is 153 cm³/mol. The molecule has 0 saturated carbocycles. The first kappa shape index (κ1) is 24.3. The summed E-state index contributed by atoms with van der Waals surface area (Å²) in [5, 5.41) is 0. The number of rotatable bonds is 3. The third-order valence-corrected chi connectivity index (χ3v) is 9.25. The van der Waals surface area contributed by atoms with Crippen molar-refractivity contribution in [1.29, 1.82) is 0 Å². The molecular formula is C30H26N6O3S. The van der Waals surface area contributed by atoms with Gasteiger partial charge in [-0.25, -0.2) is 9.79 Å². The molecule has 0 radical (unpaired) electrons. The number of fused-ring (bicyclic) bond motifs is 3. The minimum Gasteiger partial charge on any atom is -0.308 e. The number of nitrogens with one attached hydrogen (secondary N) is 1. The first-order valence-electron chi connectivity index (χ1n) is 13.0. The van der Waals surface area contributed by atoms with Crippen molar-refractivity contribution in [2.24, 2.45) is 4.99 Å². The maximum Gasteiger partial charge on any atom is 0.324 e. The van der Waals surface area contributed by atoms with Crippen LogP contribution in [0.2, 0.25) is 0 Å². The van der Waals surface area contributed by atoms with E-state index in [9.17, 15) is 14.4 Å². The highest BCUT2D eigenvalue weighted by molar-refractivity contribution is 7.07. The van der Waals surface area contributed by atoms with E-state index >= 15 is 0 Å². The second-order valence-corrected chi connectivity index (χ2v) is 11.0. The van der Waals surface area contributed by atoms with E-state index in [4.69, 9.17) is 4.99 Å². The zero-order valence-corrected chi connectivity index (χ0v) is 23.0. The van der Waals surface area contributed by atoms with Crippen LogP contribution in [-0.4, -0.2) is 47.1 Å². The molecule has 200 valence electrons. The summed E-state index contributed by atoms with van der Waals surface area (Å²) in [5.41, 5.74) is 3.99. The molecule has 3 amide bonds. The van der Waals surface area contributed by atoms with E-state index < -0.39 is 11.3 Å². The van der Waals surface area contributed by atoms with Gasteiger partial charge in [-0.2, -0.15) is 4.68 Å². The third kappa shape index (κ3) is 2.80. The zero-order chi connectivity index (χ0) is 27.8. The van der Waals surface area contributed by atoms with Gasteiger partial charge in [-0.05, 0) is 13.0 Å². The lowest BCUT2D eigenvalue weighted by Gasteiger charge is -2.49. The minimum atomic E-state index is -1.27. The fraction of sp³-hybridized carbons (Fsp3) is 0.200. The number of thiazole rings is 1. The molecule has 3 aliphatic heterocycles. The SMILES string of the molecule is CCN1C(=O)C(=c2sc3n(c2=O)NC2(c4ccccc4)N(C)C(=O)N(C)C2(c2ccccc2)N=3)c2ccccc21. The average molecular weight is 551 g/mol. The van der Waals surface area contributed by atoms with Crippen LogP contribution in [0.3, 0.4) is 0 Å². The maximum atomic E-state index is 14.2. The Morgan fingerprint density at radius 1 is 0.825 bits per heavy atom. The van der Waals surface area contributed by atoms with Crippen molar-refractivity contribution in [2.75, 3.05) is 31.0 Å². The molecule has 1 saturated heterocycles. The Morgan fingerprint density at radius 2 is 1.45 bits per heavy atom. The highest BCUT2D eigenvalue weighted by atomic mass is 32.1. The number of aromatic nitrogens is 1. The lowest BCUT2D eigenvalue weighted by molar-refractivity contribution is -0.113. The molecule has 1 aromatic heterocycles. The molecule has 10 heteroatoms. The Hall–Kier alpha value is -4.70. The van der Waals surface area contributed by atoms with E-state index in [0.29, 0.717) is 21.5 Å². The Bertz CT molecular complexity index is 1890. The second-order valence-electron chi connectivity index (χ2n) is 10.0. The molecule has 40 heavy (non-hydrogen) atoms. The summed E-state index contributed by atoms with van der Waals surface area (Å²) in [6.45, 7) is 2.40. The highest BCUT2D eigenvalue weighted by Crippen LogP contribution is 2.53. The second kappa shape index (κ2) is 8.40. The van der Waals surface area contributed by atoms with Gasteiger partial charge in [0, 0.05) is 37.3 Å². The van der Waals surface area contributed by atoms with Gasteiger partial charge in [0.05, 0.1) is 11.3 Å². The molecule has 2 atom stereocenters. The van der Waals surface area contributed by atoms with E-state index in [1.54, 1.807) is 28.8 Å². The summed E-state index contributed by atoms with van der Waals surface area (Å²) in [6.07, 6.45) is 0. The number of carbonyl (C=O) groups is 2. The molecule has 2 unspecified atom stereocenters. The lowest BCUT2D eigenvalue weighted by Crippen LogP contribution is -2.67. The number of hydrogen-bond acceptors (Lipinski definition) is 6. The van der Waals surface area contributed by atoms with Crippen molar-refractivity contribution >= 4 is 34.5 Å². The molecule has 4 aromatic rings. The monoisotopic (exact) mass is 550 g/mol. The van der Waals surface area contributed by atoms with Crippen molar-refractivity contribution in [3.05, 3.63) is 121 Å². The fourth-order valence-corrected chi connectivity index (χ4v) is 7.44. The first-order valence-corrected chi connectivity index (χ1v) is 13.9. The summed E-state index contributed by atoms with van der Waals surface area (Å²) < 4.78 is 1.71. The van der Waals surface area contributed by atoms with E-state index in [1.807, 2.05) is 91.9 Å². The van der Waals surface area contributed by atoms with Crippen molar-refractivity contribution in [3.63, 3.8) is 0 Å². The van der Waals surface area contributed by atoms with Crippen LogP contribution >= 0.6 is 11.3 Å². The van der Waals surface area contributed by atoms with Crippen LogP contribution in [0.1, 0.15) is 23.6 Å². The van der Waals surface area contributed by atoms with Crippen LogP contribution in [0, 0.1) is 0 Å². The number of likely N-dealkylation sites (N-methyl/N-ethyl adjacent to an activating group) is 3. The van der Waals surface area contributed by atoms with Crippen molar-refractivity contribution in [2.45, 2.75) is 18.2 Å². The quantitative estimate of drug-likeness (QED) is 0.424. The average Bonchev–Trinajstić information content (AvgIpc) is 3.52. The molecule has 0 spiro atoms. The molecule has 7 rings (SSSR count). The van der Waals surface area contributed by atoms with Gasteiger partial charge in [-0.1, -0.05) is 90.2 Å². The molecule has 0 bridgehead atoms. The van der Waals surface area contributed by atoms with Crippen molar-refractivity contribution < 1.29 is 9.59 Å². The molecule has 1 N–H and O–H groups in total. The van der Waals surface area contributed by atoms with E-state index in [1.165, 1.54) is 4.68 Å². The largest absolute Gasteiger partial charge is 0.324 e. The standard InChI is InChI=1S/C30H26N6O3S/c1-4-35-22-18-12-11-17-21(22)23(25(35)37)24-26(38)36-27(40-24)31-29(19-13-7-5-8-14-19)30(32-36,20-15-9-6-10-16-20)34(3)28(39)33(29)2/h5-18,32H,4H2,1-3H3. The summed E-state index contributed by atoms with van der Waals surface area (Å²) in [7, 11) is 3.45. The normalized spacial score (nSPS) is 24.4. The number of anilines is 1. The van der Waals surface area contributed by atoms with Crippen LogP contribution in [0.5, 0.6) is 0 Å². The van der Waals surface area contributed by atoms with Gasteiger partial charge in [0.15, 0.2) is 0 Å². The minimum absolute atomic E-state index is 0.208. The topological polar surface area (TPSA) is 90.2 Å². The Kier molecular flexibility index (Phi) is 5.11. The van der Waals surface area contributed by atoms with E-state index in [2.05, 4.69) is 5.43 Å². The Labute approximate surface area is 233 Å². The smallest absolute Gasteiger partial charge is 0.308 e. The number of hydrogen-bond donors (Lipinski definition) is 1. The van der Waals surface area contributed by atoms with Gasteiger partial charge in [0.25, 0.3) is 11.5 Å². The summed E-state index contributed by atoms with van der Waals surface area (Å²) in [5.74, 6) is -0.208. The molecular weight excluding hydrogens is 524 g/mol. The lowest BCUT2D eigenvalue weighted by atomic mass is 9.80. The van der Waals surface area contributed by atoms with Gasteiger partial charge in [-0.15, -0.1) is 0 Å². The first-order chi connectivity index (χ1) is 19.4. The van der Waals surface area contributed by atoms with Gasteiger partial charge in [0.1, 0.15) is 4.53 Å². The van der Waals surface area contributed by atoms with Crippen LogP contribution in [0.15, 0.2) is 94.7 Å². The molecule has 0 aliphatic carbocycles. The van der Waals surface area contributed by atoms with Gasteiger partial charge in [-0.3, -0.25) is 24.8 Å². The van der Waals surface area contributed by atoms with Crippen LogP contribution in [0.4, 0.5) is 10.5 Å². The van der Waals surface area contributed by atoms with Crippen LogP contribution in [-0.2, 0) is 16.1 Å². The predicted octanol–water partition coefficient (Wildman–Crippen LogP) is 2.36. The number of urea groups is 1. The van der Waals surface area contributed by atoms with Crippen LogP contribution in [0.25, 0.3) is 5.57 Å². The molecule has 9 nitrogen and oxygen atoms in total. The Morgan fingerprint density at radius 3 is 2.12 bits per heavy atom. The number of amides is 3. The molecule has 4 heterocycles. The van der Waals surface area contributed by atoms with Crippen LogP contribution < -0.4 is 25.2 Å². The molecule has 3 aromatic carbocycles. The fourth-order valence-electron chi connectivity index (χ4n) is 6.38. The number of carbonyl (C=O) groups excluding carboxylic acids is 2. The van der Waals surface area contributed by atoms with Crippen molar-refractivity contribution in [3.8, 4) is 0 Å². The van der Waals surface area contributed by atoms with Gasteiger partial charge >= 0.3 is 6.03 Å². The Balaban J connectivity index is 1.61. The molecule has 3 aliphatic rings. The van der Waals surface area contributed by atoms with Crippen molar-refractivity contribution in [1.82, 2.24) is 14.5 Å². The summed E-state index contributed by atoms with van der Waals surface area (Å²) in [4.78, 5) is 52.0. The molecule has 1 fully saturated rings. The summed E-state index contributed by atoms with van der Waals surface area (Å²) >= 11 is 1.16. The van der Waals surface area contributed by atoms with E-state index in [-0.39, 0.29) is 17.5 Å². The number of benzene rings is 3. The number of nitrogens with zero attached hydrogens (tertiary/aromatic N) is 5.